The second-order valence-electron chi connectivity index (χ2n) is 5.76. The third-order valence-electron chi connectivity index (χ3n) is 3.64. The van der Waals surface area contributed by atoms with Crippen LogP contribution < -0.4 is 10.6 Å². The van der Waals surface area contributed by atoms with Crippen molar-refractivity contribution in [2.75, 3.05) is 13.1 Å². The number of carbonyl (C=O) groups is 2. The standard InChI is InChI=1S/C18H28N2O2/c1-5-7-19-17(21)11-15-9-14(4)16(10-13(15)3)12-18(22)20-8-6-2/h9-10H,5-8,11-12H2,1-4H3,(H,19,21)(H,20,22). The summed E-state index contributed by atoms with van der Waals surface area (Å²) in [7, 11) is 0. The highest BCUT2D eigenvalue weighted by atomic mass is 16.2. The first kappa shape index (κ1) is 18.2. The molecular weight excluding hydrogens is 276 g/mol. The van der Waals surface area contributed by atoms with Crippen LogP contribution in [-0.4, -0.2) is 24.9 Å². The molecule has 1 aromatic carbocycles. The van der Waals surface area contributed by atoms with Crippen LogP contribution in [0.25, 0.3) is 0 Å². The van der Waals surface area contributed by atoms with Crippen LogP contribution in [0.4, 0.5) is 0 Å². The summed E-state index contributed by atoms with van der Waals surface area (Å²) in [6, 6.07) is 4.06. The van der Waals surface area contributed by atoms with Crippen molar-refractivity contribution >= 4 is 11.8 Å². The topological polar surface area (TPSA) is 58.2 Å². The van der Waals surface area contributed by atoms with E-state index in [1.165, 1.54) is 0 Å². The summed E-state index contributed by atoms with van der Waals surface area (Å²) in [5.74, 6) is 0.107. The van der Waals surface area contributed by atoms with E-state index in [0.29, 0.717) is 25.9 Å². The van der Waals surface area contributed by atoms with Gasteiger partial charge in [-0.2, -0.15) is 0 Å². The first-order chi connectivity index (χ1) is 10.5. The minimum Gasteiger partial charge on any atom is -0.356 e. The highest BCUT2D eigenvalue weighted by molar-refractivity contribution is 5.80. The van der Waals surface area contributed by atoms with Gasteiger partial charge >= 0.3 is 0 Å². The van der Waals surface area contributed by atoms with Crippen molar-refractivity contribution < 1.29 is 9.59 Å². The molecule has 0 saturated heterocycles. The maximum Gasteiger partial charge on any atom is 0.224 e. The Kier molecular flexibility index (Phi) is 7.64. The SMILES string of the molecule is CCCNC(=O)Cc1cc(C)c(CC(=O)NCCC)cc1C. The zero-order valence-corrected chi connectivity index (χ0v) is 14.2. The molecule has 122 valence electrons. The zero-order valence-electron chi connectivity index (χ0n) is 14.2. The summed E-state index contributed by atoms with van der Waals surface area (Å²) in [5, 5.41) is 5.79. The quantitative estimate of drug-likeness (QED) is 0.775. The van der Waals surface area contributed by atoms with Crippen LogP contribution in [0.15, 0.2) is 12.1 Å². The van der Waals surface area contributed by atoms with E-state index in [4.69, 9.17) is 0 Å². The van der Waals surface area contributed by atoms with Crippen molar-refractivity contribution in [2.45, 2.75) is 53.4 Å². The molecule has 0 aromatic heterocycles. The molecule has 4 heteroatoms. The normalized spacial score (nSPS) is 10.4. The lowest BCUT2D eigenvalue weighted by Crippen LogP contribution is -2.27. The fraction of sp³-hybridized carbons (Fsp3) is 0.556. The molecule has 0 fully saturated rings. The molecule has 1 rings (SSSR count). The van der Waals surface area contributed by atoms with Crippen molar-refractivity contribution in [3.8, 4) is 0 Å². The van der Waals surface area contributed by atoms with Gasteiger partial charge in [-0.3, -0.25) is 9.59 Å². The van der Waals surface area contributed by atoms with Gasteiger partial charge in [0.15, 0.2) is 0 Å². The maximum absolute atomic E-state index is 11.8. The molecule has 0 aliphatic carbocycles. The summed E-state index contributed by atoms with van der Waals surface area (Å²) in [4.78, 5) is 23.7. The van der Waals surface area contributed by atoms with Gasteiger partial charge < -0.3 is 10.6 Å². The molecule has 0 radical (unpaired) electrons. The number of rotatable bonds is 8. The van der Waals surface area contributed by atoms with E-state index < -0.39 is 0 Å². The lowest BCUT2D eigenvalue weighted by molar-refractivity contribution is -0.121. The molecule has 4 nitrogen and oxygen atoms in total. The average Bonchev–Trinajstić information content (AvgIpc) is 2.48. The molecule has 22 heavy (non-hydrogen) atoms. The molecule has 0 heterocycles. The largest absolute Gasteiger partial charge is 0.356 e. The molecule has 0 bridgehead atoms. The highest BCUT2D eigenvalue weighted by Gasteiger charge is 2.11. The molecule has 0 saturated carbocycles. The number of carbonyl (C=O) groups excluding carboxylic acids is 2. The summed E-state index contributed by atoms with van der Waals surface area (Å²) in [6.07, 6.45) is 2.68. The van der Waals surface area contributed by atoms with E-state index in [9.17, 15) is 9.59 Å². The Bertz CT molecular complexity index is 476. The molecule has 2 N–H and O–H groups in total. The van der Waals surface area contributed by atoms with Gasteiger partial charge in [-0.1, -0.05) is 26.0 Å². The minimum absolute atomic E-state index is 0.0535. The molecule has 0 spiro atoms. The summed E-state index contributed by atoms with van der Waals surface area (Å²) < 4.78 is 0. The van der Waals surface area contributed by atoms with E-state index in [1.807, 2.05) is 39.8 Å². The third kappa shape index (κ3) is 5.88. The third-order valence-corrected chi connectivity index (χ3v) is 3.64. The Morgan fingerprint density at radius 1 is 0.818 bits per heavy atom. The molecule has 0 aliphatic rings. The highest BCUT2D eigenvalue weighted by Crippen LogP contribution is 2.17. The summed E-state index contributed by atoms with van der Waals surface area (Å²) in [5.41, 5.74) is 4.19. The Morgan fingerprint density at radius 3 is 1.50 bits per heavy atom. The van der Waals surface area contributed by atoms with Gasteiger partial charge in [0.05, 0.1) is 12.8 Å². The second kappa shape index (κ2) is 9.23. The zero-order chi connectivity index (χ0) is 16.5. The smallest absolute Gasteiger partial charge is 0.224 e. The number of aryl methyl sites for hydroxylation is 2. The molecule has 0 atom stereocenters. The van der Waals surface area contributed by atoms with Crippen molar-refractivity contribution in [2.24, 2.45) is 0 Å². The summed E-state index contributed by atoms with van der Waals surface area (Å²) in [6.45, 7) is 9.49. The van der Waals surface area contributed by atoms with Crippen LogP contribution in [0.1, 0.15) is 48.9 Å². The number of amides is 2. The van der Waals surface area contributed by atoms with Gasteiger partial charge in [-0.15, -0.1) is 0 Å². The van der Waals surface area contributed by atoms with Crippen molar-refractivity contribution in [3.05, 3.63) is 34.4 Å². The van der Waals surface area contributed by atoms with E-state index >= 15 is 0 Å². The van der Waals surface area contributed by atoms with E-state index in [-0.39, 0.29) is 11.8 Å². The Labute approximate surface area is 133 Å². The Balaban J connectivity index is 2.74. The fourth-order valence-corrected chi connectivity index (χ4v) is 2.32. The van der Waals surface area contributed by atoms with Gasteiger partial charge in [-0.05, 0) is 48.9 Å². The van der Waals surface area contributed by atoms with Gasteiger partial charge in [0.1, 0.15) is 0 Å². The predicted molar refractivity (Wildman–Crippen MR) is 89.9 cm³/mol. The molecule has 1 aromatic rings. The van der Waals surface area contributed by atoms with Crippen LogP contribution in [0.2, 0.25) is 0 Å². The van der Waals surface area contributed by atoms with Crippen molar-refractivity contribution in [1.82, 2.24) is 10.6 Å². The van der Waals surface area contributed by atoms with Crippen LogP contribution in [0.5, 0.6) is 0 Å². The first-order valence-corrected chi connectivity index (χ1v) is 8.10. The fourth-order valence-electron chi connectivity index (χ4n) is 2.32. The first-order valence-electron chi connectivity index (χ1n) is 8.10. The van der Waals surface area contributed by atoms with Crippen LogP contribution in [0, 0.1) is 13.8 Å². The van der Waals surface area contributed by atoms with Crippen LogP contribution >= 0.6 is 0 Å². The number of benzene rings is 1. The number of hydrogen-bond donors (Lipinski definition) is 2. The summed E-state index contributed by atoms with van der Waals surface area (Å²) >= 11 is 0. The van der Waals surface area contributed by atoms with E-state index in [2.05, 4.69) is 10.6 Å². The van der Waals surface area contributed by atoms with Gasteiger partial charge in [0.2, 0.25) is 11.8 Å². The second-order valence-corrected chi connectivity index (χ2v) is 5.76. The van der Waals surface area contributed by atoms with Gasteiger partial charge in [0, 0.05) is 13.1 Å². The Morgan fingerprint density at radius 2 is 1.18 bits per heavy atom. The molecule has 0 unspecified atom stereocenters. The van der Waals surface area contributed by atoms with Gasteiger partial charge in [-0.25, -0.2) is 0 Å². The van der Waals surface area contributed by atoms with Gasteiger partial charge in [0.25, 0.3) is 0 Å². The van der Waals surface area contributed by atoms with E-state index in [1.54, 1.807) is 0 Å². The monoisotopic (exact) mass is 304 g/mol. The van der Waals surface area contributed by atoms with E-state index in [0.717, 1.165) is 35.1 Å². The average molecular weight is 304 g/mol. The number of hydrogen-bond acceptors (Lipinski definition) is 2. The minimum atomic E-state index is 0.0535. The van der Waals surface area contributed by atoms with Crippen molar-refractivity contribution in [1.29, 1.82) is 0 Å². The molecular formula is C18H28N2O2. The van der Waals surface area contributed by atoms with Crippen LogP contribution in [-0.2, 0) is 22.4 Å². The molecule has 2 amide bonds. The van der Waals surface area contributed by atoms with Crippen LogP contribution in [0.3, 0.4) is 0 Å². The predicted octanol–water partition coefficient (Wildman–Crippen LogP) is 2.44. The number of nitrogens with one attached hydrogen (secondary N) is 2. The Hall–Kier alpha value is -1.84. The maximum atomic E-state index is 11.8. The molecule has 0 aliphatic heterocycles. The van der Waals surface area contributed by atoms with Crippen molar-refractivity contribution in [3.63, 3.8) is 0 Å². The lowest BCUT2D eigenvalue weighted by Gasteiger charge is -2.12. The lowest BCUT2D eigenvalue weighted by atomic mass is 9.96.